The quantitative estimate of drug-likeness (QED) is 0.827. The lowest BCUT2D eigenvalue weighted by molar-refractivity contribution is 0.129. The average Bonchev–Trinajstić information content (AvgIpc) is 2.86. The number of β-amino-alcohol motifs (C(OH)–C–C–N with tert-alkyl or cyclic N) is 1. The number of H-pyrrole nitrogens is 1. The minimum Gasteiger partial charge on any atom is -0.390 e. The van der Waals surface area contributed by atoms with Gasteiger partial charge in [0.15, 0.2) is 0 Å². The molecule has 0 unspecified atom stereocenters. The first-order valence-corrected chi connectivity index (χ1v) is 7.80. The minimum atomic E-state index is -0.560. The van der Waals surface area contributed by atoms with Gasteiger partial charge in [0, 0.05) is 30.9 Å². The number of nitrogens with one attached hydrogen (secondary N) is 1. The Morgan fingerprint density at radius 3 is 2.62 bits per heavy atom. The fraction of sp³-hybridized carbons (Fsp3) is 0.733. The smallest absolute Gasteiger partial charge is 0.328 e. The molecule has 1 aromatic rings. The van der Waals surface area contributed by atoms with Gasteiger partial charge >= 0.3 is 5.69 Å². The molecule has 116 valence electrons. The highest BCUT2D eigenvalue weighted by atomic mass is 16.3. The first kappa shape index (κ1) is 14.5. The standard InChI is InChI=1S/C15H23N3O3/c1-10-7-18(15(21)16-14(10)20)12-8-17(9-13(12)19)11-5-3-2-4-6-11/h7,11-13,19H,2-6,8-9H2,1H3,(H,16,20,21)/t12-,13-/m0/s1. The van der Waals surface area contributed by atoms with E-state index in [0.29, 0.717) is 24.7 Å². The highest BCUT2D eigenvalue weighted by Crippen LogP contribution is 2.29. The molecule has 1 saturated heterocycles. The van der Waals surface area contributed by atoms with E-state index < -0.39 is 11.8 Å². The Labute approximate surface area is 123 Å². The topological polar surface area (TPSA) is 78.3 Å². The van der Waals surface area contributed by atoms with Crippen LogP contribution in [0.25, 0.3) is 0 Å². The molecular formula is C15H23N3O3. The lowest BCUT2D eigenvalue weighted by atomic mass is 9.94. The molecule has 2 atom stereocenters. The maximum absolute atomic E-state index is 12.0. The van der Waals surface area contributed by atoms with Crippen molar-refractivity contribution in [2.75, 3.05) is 13.1 Å². The minimum absolute atomic E-state index is 0.269. The maximum atomic E-state index is 12.0. The van der Waals surface area contributed by atoms with Crippen LogP contribution in [-0.2, 0) is 0 Å². The number of aromatic nitrogens is 2. The highest BCUT2D eigenvalue weighted by molar-refractivity contribution is 5.04. The Morgan fingerprint density at radius 2 is 1.90 bits per heavy atom. The summed E-state index contributed by atoms with van der Waals surface area (Å²) in [5.74, 6) is 0. The normalized spacial score (nSPS) is 28.1. The third-order valence-electron chi connectivity index (χ3n) is 4.88. The molecule has 2 fully saturated rings. The van der Waals surface area contributed by atoms with Crippen LogP contribution < -0.4 is 11.2 Å². The molecule has 21 heavy (non-hydrogen) atoms. The largest absolute Gasteiger partial charge is 0.390 e. The van der Waals surface area contributed by atoms with Crippen molar-refractivity contribution in [3.8, 4) is 0 Å². The number of aromatic amines is 1. The van der Waals surface area contributed by atoms with E-state index >= 15 is 0 Å². The van der Waals surface area contributed by atoms with Crippen LogP contribution in [0.3, 0.4) is 0 Å². The third kappa shape index (κ3) is 2.82. The third-order valence-corrected chi connectivity index (χ3v) is 4.88. The summed E-state index contributed by atoms with van der Waals surface area (Å²) < 4.78 is 1.49. The van der Waals surface area contributed by atoms with Gasteiger partial charge in [-0.1, -0.05) is 19.3 Å². The van der Waals surface area contributed by atoms with Crippen molar-refractivity contribution in [2.24, 2.45) is 0 Å². The summed E-state index contributed by atoms with van der Waals surface area (Å²) in [6.45, 7) is 2.96. The zero-order chi connectivity index (χ0) is 15.0. The van der Waals surface area contributed by atoms with Gasteiger partial charge < -0.3 is 5.11 Å². The zero-order valence-corrected chi connectivity index (χ0v) is 12.4. The van der Waals surface area contributed by atoms with Gasteiger partial charge in [-0.2, -0.15) is 0 Å². The van der Waals surface area contributed by atoms with Crippen molar-refractivity contribution in [2.45, 2.75) is 57.2 Å². The number of aliphatic hydroxyl groups excluding tert-OH is 1. The summed E-state index contributed by atoms with van der Waals surface area (Å²) in [7, 11) is 0. The molecule has 0 bridgehead atoms. The number of hydrogen-bond donors (Lipinski definition) is 2. The average molecular weight is 293 g/mol. The Morgan fingerprint density at radius 1 is 1.19 bits per heavy atom. The van der Waals surface area contributed by atoms with E-state index in [1.807, 2.05) is 0 Å². The molecule has 3 rings (SSSR count). The summed E-state index contributed by atoms with van der Waals surface area (Å²) in [5.41, 5.74) is -0.286. The molecule has 1 saturated carbocycles. The van der Waals surface area contributed by atoms with E-state index in [0.717, 1.165) is 0 Å². The summed E-state index contributed by atoms with van der Waals surface area (Å²) in [6, 6.07) is 0.257. The van der Waals surface area contributed by atoms with E-state index in [4.69, 9.17) is 0 Å². The predicted octanol–water partition coefficient (Wildman–Crippen LogP) is 0.395. The van der Waals surface area contributed by atoms with Crippen molar-refractivity contribution in [3.63, 3.8) is 0 Å². The molecule has 1 aromatic heterocycles. The Bertz CT molecular complexity index is 615. The van der Waals surface area contributed by atoms with Gasteiger partial charge in [-0.05, 0) is 19.8 Å². The zero-order valence-electron chi connectivity index (χ0n) is 12.4. The summed E-state index contributed by atoms with van der Waals surface area (Å²) in [4.78, 5) is 28.1. The molecular weight excluding hydrogens is 270 g/mol. The van der Waals surface area contributed by atoms with Crippen LogP contribution in [0.5, 0.6) is 0 Å². The number of aliphatic hydroxyl groups is 1. The van der Waals surface area contributed by atoms with E-state index in [1.165, 1.54) is 36.7 Å². The van der Waals surface area contributed by atoms with Crippen LogP contribution in [0.2, 0.25) is 0 Å². The van der Waals surface area contributed by atoms with Crippen LogP contribution in [0.4, 0.5) is 0 Å². The van der Waals surface area contributed by atoms with Crippen LogP contribution >= 0.6 is 0 Å². The summed E-state index contributed by atoms with van der Waals surface area (Å²) >= 11 is 0. The van der Waals surface area contributed by atoms with E-state index in [1.54, 1.807) is 13.1 Å². The lowest BCUT2D eigenvalue weighted by Crippen LogP contribution is -2.38. The van der Waals surface area contributed by atoms with E-state index in [2.05, 4.69) is 9.88 Å². The monoisotopic (exact) mass is 293 g/mol. The van der Waals surface area contributed by atoms with Gasteiger partial charge in [0.1, 0.15) is 0 Å². The summed E-state index contributed by atoms with van der Waals surface area (Å²) in [6.07, 6.45) is 7.17. The van der Waals surface area contributed by atoms with Crippen LogP contribution in [-0.4, -0.2) is 44.8 Å². The van der Waals surface area contributed by atoms with E-state index in [-0.39, 0.29) is 11.6 Å². The van der Waals surface area contributed by atoms with Gasteiger partial charge in [-0.15, -0.1) is 0 Å². The van der Waals surface area contributed by atoms with Crippen molar-refractivity contribution in [3.05, 3.63) is 32.6 Å². The molecule has 0 spiro atoms. The second-order valence-corrected chi connectivity index (χ2v) is 6.36. The van der Waals surface area contributed by atoms with Crippen molar-refractivity contribution < 1.29 is 5.11 Å². The number of nitrogens with zero attached hydrogens (tertiary/aromatic N) is 2. The molecule has 1 aliphatic carbocycles. The van der Waals surface area contributed by atoms with Gasteiger partial charge in [0.05, 0.1) is 12.1 Å². The Balaban J connectivity index is 1.82. The fourth-order valence-corrected chi connectivity index (χ4v) is 3.65. The molecule has 1 aliphatic heterocycles. The first-order valence-electron chi connectivity index (χ1n) is 7.80. The highest BCUT2D eigenvalue weighted by Gasteiger charge is 2.36. The molecule has 2 N–H and O–H groups in total. The van der Waals surface area contributed by atoms with Crippen LogP contribution in [0.15, 0.2) is 15.8 Å². The number of rotatable bonds is 2. The second-order valence-electron chi connectivity index (χ2n) is 6.36. The molecule has 0 amide bonds. The van der Waals surface area contributed by atoms with Crippen molar-refractivity contribution >= 4 is 0 Å². The molecule has 6 nitrogen and oxygen atoms in total. The van der Waals surface area contributed by atoms with Crippen LogP contribution in [0.1, 0.15) is 43.7 Å². The van der Waals surface area contributed by atoms with Crippen molar-refractivity contribution in [1.29, 1.82) is 0 Å². The predicted molar refractivity (Wildman–Crippen MR) is 79.5 cm³/mol. The summed E-state index contributed by atoms with van der Waals surface area (Å²) in [5, 5.41) is 10.3. The van der Waals surface area contributed by atoms with E-state index in [9.17, 15) is 14.7 Å². The molecule has 2 aliphatic rings. The van der Waals surface area contributed by atoms with Gasteiger partial charge in [0.2, 0.25) is 0 Å². The number of hydrogen-bond acceptors (Lipinski definition) is 4. The number of aryl methyl sites for hydroxylation is 1. The maximum Gasteiger partial charge on any atom is 0.328 e. The van der Waals surface area contributed by atoms with Gasteiger partial charge in [-0.25, -0.2) is 4.79 Å². The number of likely N-dealkylation sites (tertiary alicyclic amines) is 1. The van der Waals surface area contributed by atoms with Crippen LogP contribution in [0, 0.1) is 6.92 Å². The molecule has 0 radical (unpaired) electrons. The Kier molecular flexibility index (Phi) is 3.99. The molecule has 6 heteroatoms. The first-order chi connectivity index (χ1) is 10.1. The molecule has 0 aromatic carbocycles. The van der Waals surface area contributed by atoms with Gasteiger partial charge in [0.25, 0.3) is 5.56 Å². The molecule has 2 heterocycles. The second kappa shape index (κ2) is 5.77. The Hall–Kier alpha value is -1.40. The SMILES string of the molecule is Cc1cn([C@H]2CN(C3CCCCC3)C[C@@H]2O)c(=O)[nH]c1=O. The fourth-order valence-electron chi connectivity index (χ4n) is 3.65. The van der Waals surface area contributed by atoms with Gasteiger partial charge in [-0.3, -0.25) is 19.2 Å². The van der Waals surface area contributed by atoms with Crippen molar-refractivity contribution in [1.82, 2.24) is 14.5 Å². The lowest BCUT2D eigenvalue weighted by Gasteiger charge is -2.30.